The fourth-order valence-corrected chi connectivity index (χ4v) is 2.57. The highest BCUT2D eigenvalue weighted by atomic mass is 16.6. The second kappa shape index (κ2) is 9.46. The molecule has 1 aromatic heterocycles. The number of nitro groups is 1. The van der Waals surface area contributed by atoms with Crippen molar-refractivity contribution in [2.45, 2.75) is 13.0 Å². The van der Waals surface area contributed by atoms with E-state index in [0.29, 0.717) is 29.3 Å². The van der Waals surface area contributed by atoms with Crippen LogP contribution in [0.25, 0.3) is 0 Å². The molecular weight excluding hydrogens is 386 g/mol. The minimum absolute atomic E-state index is 0.0124. The van der Waals surface area contributed by atoms with Crippen LogP contribution in [0.4, 0.5) is 22.0 Å². The van der Waals surface area contributed by atoms with E-state index in [0.717, 1.165) is 5.56 Å². The number of nitrogens with one attached hydrogen (secondary N) is 1. The van der Waals surface area contributed by atoms with Gasteiger partial charge in [0.25, 0.3) is 5.69 Å². The van der Waals surface area contributed by atoms with E-state index in [4.69, 9.17) is 4.74 Å². The Morgan fingerprint density at radius 2 is 1.80 bits per heavy atom. The zero-order valence-electron chi connectivity index (χ0n) is 16.5. The first-order chi connectivity index (χ1) is 14.4. The molecule has 30 heavy (non-hydrogen) atoms. The fraction of sp³-hybridized carbons (Fsp3) is 0.190. The largest absolute Gasteiger partial charge is 0.444 e. The molecule has 3 rings (SSSR count). The third-order valence-corrected chi connectivity index (χ3v) is 4.15. The molecule has 1 N–H and O–H groups in total. The average Bonchev–Trinajstić information content (AvgIpc) is 2.74. The number of ether oxygens (including phenoxy) is 1. The van der Waals surface area contributed by atoms with Gasteiger partial charge in [0.2, 0.25) is 0 Å². The van der Waals surface area contributed by atoms with Crippen LogP contribution >= 0.6 is 0 Å². The summed E-state index contributed by atoms with van der Waals surface area (Å²) in [5, 5.41) is 13.3. The average molecular weight is 406 g/mol. The molecule has 0 atom stereocenters. The number of hydrogen-bond donors (Lipinski definition) is 1. The Bertz CT molecular complexity index is 1020. The molecule has 9 heteroatoms. The first-order valence-corrected chi connectivity index (χ1v) is 9.07. The van der Waals surface area contributed by atoms with Crippen molar-refractivity contribution in [2.24, 2.45) is 0 Å². The molecule has 0 spiro atoms. The molecule has 0 unspecified atom stereocenters. The summed E-state index contributed by atoms with van der Waals surface area (Å²) in [5.41, 5.74) is 2.23. The van der Waals surface area contributed by atoms with Gasteiger partial charge in [0, 0.05) is 50.6 Å². The van der Waals surface area contributed by atoms with Crippen LogP contribution in [-0.2, 0) is 17.8 Å². The minimum atomic E-state index is -0.612. The van der Waals surface area contributed by atoms with Crippen molar-refractivity contribution in [2.75, 3.05) is 24.3 Å². The van der Waals surface area contributed by atoms with Gasteiger partial charge in [-0.3, -0.25) is 15.4 Å². The zero-order chi connectivity index (χ0) is 21.5. The SMILES string of the molecule is CN(C)c1[c]cnc(Cc2ccc(NC(=O)OCc3ccc([N+](=O)[O-])cc3)cc2)n1. The first kappa shape index (κ1) is 20.7. The van der Waals surface area contributed by atoms with Crippen molar-refractivity contribution in [3.63, 3.8) is 0 Å². The zero-order valence-corrected chi connectivity index (χ0v) is 16.5. The van der Waals surface area contributed by atoms with Gasteiger partial charge >= 0.3 is 6.09 Å². The summed E-state index contributed by atoms with van der Waals surface area (Å²) in [4.78, 5) is 32.7. The predicted molar refractivity (Wildman–Crippen MR) is 111 cm³/mol. The van der Waals surface area contributed by atoms with Gasteiger partial charge in [-0.15, -0.1) is 0 Å². The highest BCUT2D eigenvalue weighted by molar-refractivity contribution is 5.84. The van der Waals surface area contributed by atoms with Gasteiger partial charge in [0.1, 0.15) is 18.2 Å². The van der Waals surface area contributed by atoms with E-state index in [-0.39, 0.29) is 12.3 Å². The number of anilines is 2. The molecule has 0 aliphatic rings. The van der Waals surface area contributed by atoms with E-state index in [1.807, 2.05) is 31.1 Å². The molecule has 2 aromatic carbocycles. The van der Waals surface area contributed by atoms with E-state index in [9.17, 15) is 14.9 Å². The Morgan fingerprint density at radius 1 is 1.13 bits per heavy atom. The highest BCUT2D eigenvalue weighted by Crippen LogP contribution is 2.15. The van der Waals surface area contributed by atoms with Crippen molar-refractivity contribution in [3.8, 4) is 0 Å². The third-order valence-electron chi connectivity index (χ3n) is 4.15. The monoisotopic (exact) mass is 406 g/mol. The summed E-state index contributed by atoms with van der Waals surface area (Å²) in [6.45, 7) is 0.0124. The Hall–Kier alpha value is -4.01. The molecule has 0 aliphatic carbocycles. The Morgan fingerprint density at radius 3 is 2.43 bits per heavy atom. The summed E-state index contributed by atoms with van der Waals surface area (Å²) in [5.74, 6) is 1.40. The smallest absolute Gasteiger partial charge is 0.411 e. The molecule has 0 fully saturated rings. The summed E-state index contributed by atoms with van der Waals surface area (Å²) in [6.07, 6.45) is 1.55. The highest BCUT2D eigenvalue weighted by Gasteiger charge is 2.08. The minimum Gasteiger partial charge on any atom is -0.444 e. The molecule has 0 saturated heterocycles. The van der Waals surface area contributed by atoms with E-state index >= 15 is 0 Å². The number of aromatic nitrogens is 2. The van der Waals surface area contributed by atoms with E-state index in [1.54, 1.807) is 30.5 Å². The van der Waals surface area contributed by atoms with Gasteiger partial charge in [0.05, 0.1) is 4.92 Å². The molecule has 153 valence electrons. The Balaban J connectivity index is 1.51. The number of benzene rings is 2. The van der Waals surface area contributed by atoms with Crippen LogP contribution in [-0.4, -0.2) is 35.1 Å². The normalized spacial score (nSPS) is 10.3. The van der Waals surface area contributed by atoms with E-state index in [2.05, 4.69) is 21.4 Å². The summed E-state index contributed by atoms with van der Waals surface area (Å²) in [7, 11) is 3.79. The fourth-order valence-electron chi connectivity index (χ4n) is 2.57. The van der Waals surface area contributed by atoms with Crippen LogP contribution in [0.15, 0.2) is 54.7 Å². The van der Waals surface area contributed by atoms with Crippen molar-refractivity contribution in [3.05, 3.63) is 87.9 Å². The van der Waals surface area contributed by atoms with Gasteiger partial charge in [0.15, 0.2) is 0 Å². The standard InChI is InChI=1S/C21H20N5O4/c1-25(2)20-11-12-22-19(24-20)13-15-3-7-17(8-4-15)23-21(27)30-14-16-5-9-18(10-6-16)26(28)29/h3-10,12H,13-14H2,1-2H3,(H,23,27). The first-order valence-electron chi connectivity index (χ1n) is 9.07. The van der Waals surface area contributed by atoms with Gasteiger partial charge in [-0.05, 0) is 35.4 Å². The molecule has 1 radical (unpaired) electrons. The molecule has 9 nitrogen and oxygen atoms in total. The molecule has 1 heterocycles. The van der Waals surface area contributed by atoms with Crippen LogP contribution < -0.4 is 10.2 Å². The van der Waals surface area contributed by atoms with Crippen molar-refractivity contribution >= 4 is 23.3 Å². The number of amides is 1. The lowest BCUT2D eigenvalue weighted by atomic mass is 10.1. The van der Waals surface area contributed by atoms with Crippen molar-refractivity contribution in [1.82, 2.24) is 9.97 Å². The molecule has 1 amide bonds. The number of carbonyl (C=O) groups excluding carboxylic acids is 1. The number of hydrogen-bond acceptors (Lipinski definition) is 7. The van der Waals surface area contributed by atoms with Crippen LogP contribution in [0.1, 0.15) is 17.0 Å². The molecule has 3 aromatic rings. The van der Waals surface area contributed by atoms with E-state index in [1.165, 1.54) is 12.1 Å². The predicted octanol–water partition coefficient (Wildman–Crippen LogP) is 3.59. The molecule has 0 saturated carbocycles. The van der Waals surface area contributed by atoms with Crippen molar-refractivity contribution in [1.29, 1.82) is 0 Å². The maximum atomic E-state index is 12.0. The van der Waals surface area contributed by atoms with E-state index < -0.39 is 11.0 Å². The number of carbonyl (C=O) groups is 1. The number of nitrogens with zero attached hydrogens (tertiary/aromatic N) is 4. The summed E-state index contributed by atoms with van der Waals surface area (Å²) in [6, 6.07) is 16.1. The van der Waals surface area contributed by atoms with Gasteiger partial charge < -0.3 is 9.64 Å². The van der Waals surface area contributed by atoms with Gasteiger partial charge in [-0.25, -0.2) is 14.8 Å². The number of rotatable bonds is 7. The van der Waals surface area contributed by atoms with Gasteiger partial charge in [-0.2, -0.15) is 0 Å². The third kappa shape index (κ3) is 5.74. The van der Waals surface area contributed by atoms with Crippen LogP contribution in [0.5, 0.6) is 0 Å². The second-order valence-electron chi connectivity index (χ2n) is 6.65. The quantitative estimate of drug-likeness (QED) is 0.471. The van der Waals surface area contributed by atoms with Crippen molar-refractivity contribution < 1.29 is 14.5 Å². The maximum Gasteiger partial charge on any atom is 0.411 e. The Labute approximate surface area is 173 Å². The molecule has 0 aliphatic heterocycles. The molecular formula is C21H20N5O4. The summed E-state index contributed by atoms with van der Waals surface area (Å²) >= 11 is 0. The van der Waals surface area contributed by atoms with Crippen LogP contribution in [0.3, 0.4) is 0 Å². The topological polar surface area (TPSA) is 110 Å². The second-order valence-corrected chi connectivity index (χ2v) is 6.65. The lowest BCUT2D eigenvalue weighted by Gasteiger charge is -2.11. The number of non-ortho nitro benzene ring substituents is 1. The van der Waals surface area contributed by atoms with Crippen LogP contribution in [0.2, 0.25) is 0 Å². The van der Waals surface area contributed by atoms with Gasteiger partial charge in [-0.1, -0.05) is 12.1 Å². The lowest BCUT2D eigenvalue weighted by Crippen LogP contribution is -2.13. The van der Waals surface area contributed by atoms with Crippen LogP contribution in [0, 0.1) is 16.2 Å². The number of nitro benzene ring substituents is 1. The summed E-state index contributed by atoms with van der Waals surface area (Å²) < 4.78 is 5.15. The lowest BCUT2D eigenvalue weighted by molar-refractivity contribution is -0.384. The molecule has 0 bridgehead atoms. The Kier molecular flexibility index (Phi) is 6.53. The maximum absolute atomic E-state index is 12.0.